The lowest BCUT2D eigenvalue weighted by Crippen LogP contribution is -2.30. The number of hydrogen-bond donors (Lipinski definition) is 0. The van der Waals surface area contributed by atoms with Crippen molar-refractivity contribution in [2.45, 2.75) is 168 Å². The molecule has 0 aliphatic carbocycles. The maximum atomic E-state index is 12.7. The molecule has 0 aromatic carbocycles. The molecule has 0 aromatic heterocycles. The van der Waals surface area contributed by atoms with Crippen LogP contribution in [0.3, 0.4) is 0 Å². The molecule has 0 heterocycles. The average molecular weight is 813 g/mol. The van der Waals surface area contributed by atoms with Crippen molar-refractivity contribution in [1.82, 2.24) is 0 Å². The fourth-order valence-electron chi connectivity index (χ4n) is 5.34. The van der Waals surface area contributed by atoms with Crippen molar-refractivity contribution in [2.75, 3.05) is 13.2 Å². The SMILES string of the molecule is CC/C=C\C/C=C\C/C=C\C/C=C\CCCCC(=O)OCC(COC(=O)CCCCC/C=C\C/C=C\C/C=C\CC)OC(=O)CC/C=C\C/C=C\C/C=C\C/C=C\CC. The highest BCUT2D eigenvalue weighted by atomic mass is 16.6. The third-order valence-electron chi connectivity index (χ3n) is 8.64. The van der Waals surface area contributed by atoms with E-state index in [1.807, 2.05) is 12.2 Å². The minimum absolute atomic E-state index is 0.141. The molecule has 0 radical (unpaired) electrons. The molecule has 1 atom stereocenters. The second-order valence-corrected chi connectivity index (χ2v) is 14.2. The molecular formula is C53H80O6. The third-order valence-corrected chi connectivity index (χ3v) is 8.64. The molecule has 0 bridgehead atoms. The van der Waals surface area contributed by atoms with Crippen LogP contribution in [-0.4, -0.2) is 37.2 Å². The van der Waals surface area contributed by atoms with Gasteiger partial charge in [-0.05, 0) is 116 Å². The molecule has 0 aliphatic heterocycles. The Labute approximate surface area is 360 Å². The van der Waals surface area contributed by atoms with Gasteiger partial charge in [0.2, 0.25) is 0 Å². The predicted octanol–water partition coefficient (Wildman–Crippen LogP) is 14.7. The minimum Gasteiger partial charge on any atom is -0.462 e. The first-order valence-electron chi connectivity index (χ1n) is 22.7. The first-order chi connectivity index (χ1) is 29.0. The molecule has 6 heteroatoms. The van der Waals surface area contributed by atoms with Gasteiger partial charge in [-0.25, -0.2) is 0 Å². The quantitative estimate of drug-likeness (QED) is 0.0267. The van der Waals surface area contributed by atoms with Gasteiger partial charge in [0.05, 0.1) is 0 Å². The van der Waals surface area contributed by atoms with E-state index >= 15 is 0 Å². The molecule has 0 saturated heterocycles. The summed E-state index contributed by atoms with van der Waals surface area (Å²) in [6.45, 7) is 6.12. The summed E-state index contributed by atoms with van der Waals surface area (Å²) < 4.78 is 16.6. The van der Waals surface area contributed by atoms with E-state index in [2.05, 4.69) is 142 Å². The largest absolute Gasteiger partial charge is 0.462 e. The lowest BCUT2D eigenvalue weighted by Gasteiger charge is -2.18. The van der Waals surface area contributed by atoms with Crippen LogP contribution in [0.15, 0.2) is 134 Å². The summed E-state index contributed by atoms with van der Waals surface area (Å²) in [6.07, 6.45) is 64.5. The summed E-state index contributed by atoms with van der Waals surface area (Å²) >= 11 is 0. The maximum Gasteiger partial charge on any atom is 0.306 e. The van der Waals surface area contributed by atoms with Gasteiger partial charge in [-0.15, -0.1) is 0 Å². The van der Waals surface area contributed by atoms with Crippen LogP contribution in [0.1, 0.15) is 162 Å². The molecule has 328 valence electrons. The summed E-state index contributed by atoms with van der Waals surface area (Å²) in [5.74, 6) is -1.11. The molecule has 59 heavy (non-hydrogen) atoms. The van der Waals surface area contributed by atoms with Crippen molar-refractivity contribution in [3.05, 3.63) is 134 Å². The number of carbonyl (C=O) groups is 3. The molecule has 0 N–H and O–H groups in total. The van der Waals surface area contributed by atoms with Gasteiger partial charge in [-0.3, -0.25) is 14.4 Å². The first-order valence-corrected chi connectivity index (χ1v) is 22.7. The Hall–Kier alpha value is -4.45. The first kappa shape index (κ1) is 54.6. The second-order valence-electron chi connectivity index (χ2n) is 14.2. The van der Waals surface area contributed by atoms with Gasteiger partial charge in [0.1, 0.15) is 13.2 Å². The normalized spacial score (nSPS) is 13.3. The number of rotatable bonds is 38. The monoisotopic (exact) mass is 813 g/mol. The molecule has 0 saturated carbocycles. The second kappa shape index (κ2) is 46.2. The zero-order chi connectivity index (χ0) is 43.0. The Balaban J connectivity index is 4.63. The Morgan fingerprint density at radius 2 is 0.644 bits per heavy atom. The molecule has 0 aromatic rings. The Bertz CT molecular complexity index is 1350. The van der Waals surface area contributed by atoms with Crippen LogP contribution in [0.5, 0.6) is 0 Å². The van der Waals surface area contributed by atoms with Gasteiger partial charge in [0.15, 0.2) is 6.10 Å². The van der Waals surface area contributed by atoms with Crippen LogP contribution in [0.2, 0.25) is 0 Å². The summed E-state index contributed by atoms with van der Waals surface area (Å²) in [6, 6.07) is 0. The van der Waals surface area contributed by atoms with E-state index in [1.54, 1.807) is 0 Å². The van der Waals surface area contributed by atoms with Crippen LogP contribution < -0.4 is 0 Å². The fourth-order valence-corrected chi connectivity index (χ4v) is 5.34. The Morgan fingerprint density at radius 1 is 0.339 bits per heavy atom. The molecule has 0 fully saturated rings. The smallest absolute Gasteiger partial charge is 0.306 e. The molecule has 0 rings (SSSR count). The van der Waals surface area contributed by atoms with E-state index in [4.69, 9.17) is 14.2 Å². The van der Waals surface area contributed by atoms with Crippen molar-refractivity contribution >= 4 is 17.9 Å². The Morgan fingerprint density at radius 3 is 1.02 bits per heavy atom. The highest BCUT2D eigenvalue weighted by molar-refractivity contribution is 5.71. The van der Waals surface area contributed by atoms with Crippen LogP contribution in [0, 0.1) is 0 Å². The van der Waals surface area contributed by atoms with Gasteiger partial charge < -0.3 is 14.2 Å². The lowest BCUT2D eigenvalue weighted by molar-refractivity contribution is -0.166. The van der Waals surface area contributed by atoms with Gasteiger partial charge >= 0.3 is 17.9 Å². The molecule has 0 amide bonds. The summed E-state index contributed by atoms with van der Waals surface area (Å²) in [5.41, 5.74) is 0. The van der Waals surface area contributed by atoms with E-state index in [0.29, 0.717) is 19.3 Å². The van der Waals surface area contributed by atoms with Gasteiger partial charge in [-0.2, -0.15) is 0 Å². The zero-order valence-electron chi connectivity index (χ0n) is 37.2. The zero-order valence-corrected chi connectivity index (χ0v) is 37.2. The van der Waals surface area contributed by atoms with E-state index in [9.17, 15) is 14.4 Å². The number of esters is 3. The number of unbranched alkanes of at least 4 members (excludes halogenated alkanes) is 5. The topological polar surface area (TPSA) is 78.9 Å². The highest BCUT2D eigenvalue weighted by Crippen LogP contribution is 2.09. The fraction of sp³-hybridized carbons (Fsp3) is 0.528. The number of ether oxygens (including phenoxy) is 3. The van der Waals surface area contributed by atoms with Gasteiger partial charge in [-0.1, -0.05) is 161 Å². The standard InChI is InChI=1S/C53H80O6/c1-4-7-10-13-16-19-22-25-26-29-31-34-37-40-43-46-52(55)58-49-50(59-53(56)47-44-41-38-35-32-28-24-21-18-15-12-9-6-3)48-57-51(54)45-42-39-36-33-30-27-23-20-17-14-11-8-5-2/h7-12,16-21,25-28,30-32,34,38,41,50H,4-6,13-15,22-24,29,33,35-37,39-40,42-49H2,1-3H3/b10-7-,11-8-,12-9-,19-16-,20-17-,21-18-,26-25-,30-27-,32-28-,34-31-,41-38-. The van der Waals surface area contributed by atoms with Crippen molar-refractivity contribution in [3.8, 4) is 0 Å². The molecule has 0 spiro atoms. The van der Waals surface area contributed by atoms with Gasteiger partial charge in [0, 0.05) is 19.3 Å². The van der Waals surface area contributed by atoms with Crippen molar-refractivity contribution in [3.63, 3.8) is 0 Å². The Kier molecular flexibility index (Phi) is 42.8. The minimum atomic E-state index is -0.848. The molecule has 6 nitrogen and oxygen atoms in total. The summed E-state index contributed by atoms with van der Waals surface area (Å²) in [7, 11) is 0. The number of hydrogen-bond acceptors (Lipinski definition) is 6. The van der Waals surface area contributed by atoms with Gasteiger partial charge in [0.25, 0.3) is 0 Å². The lowest BCUT2D eigenvalue weighted by atomic mass is 10.1. The average Bonchev–Trinajstić information content (AvgIpc) is 3.23. The van der Waals surface area contributed by atoms with Crippen LogP contribution >= 0.6 is 0 Å². The predicted molar refractivity (Wildman–Crippen MR) is 251 cm³/mol. The summed E-state index contributed by atoms with van der Waals surface area (Å²) in [4.78, 5) is 37.7. The highest BCUT2D eigenvalue weighted by Gasteiger charge is 2.19. The van der Waals surface area contributed by atoms with Crippen LogP contribution in [0.25, 0.3) is 0 Å². The van der Waals surface area contributed by atoms with Crippen molar-refractivity contribution < 1.29 is 28.6 Å². The van der Waals surface area contributed by atoms with E-state index in [0.717, 1.165) is 109 Å². The van der Waals surface area contributed by atoms with E-state index in [-0.39, 0.29) is 38.0 Å². The third kappa shape index (κ3) is 44.5. The maximum absolute atomic E-state index is 12.7. The van der Waals surface area contributed by atoms with Crippen LogP contribution in [0.4, 0.5) is 0 Å². The number of allylic oxidation sites excluding steroid dienone is 22. The van der Waals surface area contributed by atoms with E-state index in [1.165, 1.54) is 0 Å². The van der Waals surface area contributed by atoms with Crippen LogP contribution in [-0.2, 0) is 28.6 Å². The number of carbonyl (C=O) groups excluding carboxylic acids is 3. The molecule has 0 aliphatic rings. The molecule has 1 unspecified atom stereocenters. The summed E-state index contributed by atoms with van der Waals surface area (Å²) in [5, 5.41) is 0. The van der Waals surface area contributed by atoms with E-state index < -0.39 is 12.1 Å². The van der Waals surface area contributed by atoms with Crippen molar-refractivity contribution in [2.24, 2.45) is 0 Å². The molecular weight excluding hydrogens is 733 g/mol. The van der Waals surface area contributed by atoms with Crippen molar-refractivity contribution in [1.29, 1.82) is 0 Å².